The Hall–Kier alpha value is -1.06. The first kappa shape index (κ1) is 13.9. The van der Waals surface area contributed by atoms with Crippen LogP contribution in [0.2, 0.25) is 0 Å². The number of likely N-dealkylation sites (tertiary alicyclic amines) is 1. The molecular formula is C17H26N2O. The van der Waals surface area contributed by atoms with Crippen molar-refractivity contribution < 1.29 is 5.11 Å². The first-order valence-corrected chi connectivity index (χ1v) is 7.88. The summed E-state index contributed by atoms with van der Waals surface area (Å²) in [6.45, 7) is 5.63. The smallest absolute Gasteiger partial charge is 0.0558 e. The number of benzene rings is 1. The Balaban J connectivity index is 1.78. The average Bonchev–Trinajstić information content (AvgIpc) is 2.81. The lowest BCUT2D eigenvalue weighted by Crippen LogP contribution is -2.30. The van der Waals surface area contributed by atoms with E-state index in [9.17, 15) is 0 Å². The molecule has 1 fully saturated rings. The summed E-state index contributed by atoms with van der Waals surface area (Å²) >= 11 is 0. The fourth-order valence-corrected chi connectivity index (χ4v) is 3.84. The highest BCUT2D eigenvalue weighted by atomic mass is 16.3. The highest BCUT2D eigenvalue weighted by Crippen LogP contribution is 2.35. The summed E-state index contributed by atoms with van der Waals surface area (Å²) in [5.74, 6) is 0.633. The number of aryl methyl sites for hydroxylation is 1. The zero-order chi connectivity index (χ0) is 14.1. The summed E-state index contributed by atoms with van der Waals surface area (Å²) in [7, 11) is 2.19. The number of fused-ring (bicyclic) bond motifs is 1. The molecule has 0 bridgehead atoms. The van der Waals surface area contributed by atoms with Gasteiger partial charge < -0.3 is 10.0 Å². The predicted molar refractivity (Wildman–Crippen MR) is 83.5 cm³/mol. The second-order valence-corrected chi connectivity index (χ2v) is 6.41. The second-order valence-electron chi connectivity index (χ2n) is 6.41. The number of aliphatic hydroxyl groups excluding tert-OH is 1. The third-order valence-corrected chi connectivity index (χ3v) is 5.02. The molecule has 3 heteroatoms. The van der Waals surface area contributed by atoms with Crippen LogP contribution in [-0.4, -0.2) is 49.3 Å². The van der Waals surface area contributed by atoms with Crippen molar-refractivity contribution in [1.29, 1.82) is 0 Å². The summed E-state index contributed by atoms with van der Waals surface area (Å²) in [5, 5.41) is 9.14. The molecule has 1 aromatic rings. The molecule has 3 nitrogen and oxygen atoms in total. The molecule has 1 aromatic carbocycles. The van der Waals surface area contributed by atoms with Gasteiger partial charge in [-0.15, -0.1) is 0 Å². The van der Waals surface area contributed by atoms with Crippen LogP contribution in [0.4, 0.5) is 5.69 Å². The van der Waals surface area contributed by atoms with Crippen LogP contribution in [0.5, 0.6) is 0 Å². The predicted octanol–water partition coefficient (Wildman–Crippen LogP) is 2.24. The minimum Gasteiger partial charge on any atom is -0.395 e. The zero-order valence-corrected chi connectivity index (χ0v) is 12.7. The van der Waals surface area contributed by atoms with Crippen molar-refractivity contribution in [3.8, 4) is 0 Å². The van der Waals surface area contributed by atoms with Gasteiger partial charge in [-0.3, -0.25) is 4.90 Å². The molecule has 3 rings (SSSR count). The van der Waals surface area contributed by atoms with Crippen LogP contribution in [0.15, 0.2) is 18.2 Å². The van der Waals surface area contributed by atoms with Crippen LogP contribution in [0, 0.1) is 0 Å². The largest absolute Gasteiger partial charge is 0.395 e. The summed E-state index contributed by atoms with van der Waals surface area (Å²) < 4.78 is 0. The number of anilines is 1. The maximum atomic E-state index is 9.14. The Labute approximate surface area is 122 Å². The van der Waals surface area contributed by atoms with Gasteiger partial charge in [-0.05, 0) is 49.3 Å². The molecule has 0 aromatic heterocycles. The Bertz CT molecular complexity index is 474. The van der Waals surface area contributed by atoms with Crippen molar-refractivity contribution in [2.75, 3.05) is 38.2 Å². The van der Waals surface area contributed by atoms with Crippen LogP contribution in [0.3, 0.4) is 0 Å². The van der Waals surface area contributed by atoms with E-state index in [4.69, 9.17) is 5.11 Å². The maximum absolute atomic E-state index is 9.14. The van der Waals surface area contributed by atoms with Gasteiger partial charge in [0.1, 0.15) is 0 Å². The molecule has 2 aliphatic heterocycles. The summed E-state index contributed by atoms with van der Waals surface area (Å²) in [6.07, 6.45) is 3.70. The molecule has 1 saturated heterocycles. The van der Waals surface area contributed by atoms with Gasteiger partial charge in [0.25, 0.3) is 0 Å². The monoisotopic (exact) mass is 274 g/mol. The van der Waals surface area contributed by atoms with Crippen molar-refractivity contribution in [3.05, 3.63) is 29.3 Å². The van der Waals surface area contributed by atoms with Gasteiger partial charge in [-0.25, -0.2) is 0 Å². The Morgan fingerprint density at radius 1 is 1.35 bits per heavy atom. The van der Waals surface area contributed by atoms with Crippen LogP contribution >= 0.6 is 0 Å². The molecule has 110 valence electrons. The first-order chi connectivity index (χ1) is 9.69. The number of aliphatic hydroxyl groups is 1. The number of β-amino-alcohol motifs (C(OH)–C–C–N with tert-alkyl or cyclic N) is 1. The lowest BCUT2D eigenvalue weighted by Gasteiger charge is -2.28. The van der Waals surface area contributed by atoms with E-state index >= 15 is 0 Å². The molecule has 2 atom stereocenters. The van der Waals surface area contributed by atoms with Crippen molar-refractivity contribution in [1.82, 2.24) is 4.90 Å². The highest BCUT2D eigenvalue weighted by molar-refractivity contribution is 5.56. The van der Waals surface area contributed by atoms with E-state index in [0.717, 1.165) is 13.1 Å². The molecule has 0 saturated carbocycles. The standard InChI is InChI=1S/C17H26N2O/c1-13-10-16(12-19(13)8-9-20)14-5-6-17-15(11-14)4-3-7-18(17)2/h5-6,11,13,16,20H,3-4,7-10,12H2,1-2H3. The zero-order valence-electron chi connectivity index (χ0n) is 12.7. The normalized spacial score (nSPS) is 26.9. The van der Waals surface area contributed by atoms with Crippen LogP contribution in [-0.2, 0) is 6.42 Å². The first-order valence-electron chi connectivity index (χ1n) is 7.88. The van der Waals surface area contributed by atoms with Gasteiger partial charge in [0.2, 0.25) is 0 Å². The van der Waals surface area contributed by atoms with E-state index in [0.29, 0.717) is 12.0 Å². The quantitative estimate of drug-likeness (QED) is 0.916. The Morgan fingerprint density at radius 2 is 2.20 bits per heavy atom. The number of nitrogens with zero attached hydrogens (tertiary/aromatic N) is 2. The van der Waals surface area contributed by atoms with Crippen molar-refractivity contribution in [3.63, 3.8) is 0 Å². The lowest BCUT2D eigenvalue weighted by atomic mass is 9.92. The highest BCUT2D eigenvalue weighted by Gasteiger charge is 2.30. The molecular weight excluding hydrogens is 248 g/mol. The summed E-state index contributed by atoms with van der Waals surface area (Å²) in [4.78, 5) is 4.79. The SMILES string of the molecule is CC1CC(c2ccc3c(c2)CCCN3C)CN1CCO. The molecule has 20 heavy (non-hydrogen) atoms. The molecule has 0 spiro atoms. The molecule has 2 aliphatic rings. The minimum atomic E-state index is 0.270. The number of hydrogen-bond donors (Lipinski definition) is 1. The topological polar surface area (TPSA) is 26.7 Å². The molecule has 1 N–H and O–H groups in total. The van der Waals surface area contributed by atoms with E-state index in [1.807, 2.05) is 0 Å². The molecule has 2 unspecified atom stereocenters. The van der Waals surface area contributed by atoms with Gasteiger partial charge in [0, 0.05) is 38.4 Å². The molecule has 2 heterocycles. The van der Waals surface area contributed by atoms with Crippen LogP contribution in [0.25, 0.3) is 0 Å². The van der Waals surface area contributed by atoms with Crippen molar-refractivity contribution in [2.45, 2.75) is 38.1 Å². The van der Waals surface area contributed by atoms with Crippen molar-refractivity contribution >= 4 is 5.69 Å². The summed E-state index contributed by atoms with van der Waals surface area (Å²) in [6, 6.07) is 7.65. The maximum Gasteiger partial charge on any atom is 0.0558 e. The number of hydrogen-bond acceptors (Lipinski definition) is 3. The third kappa shape index (κ3) is 2.57. The van der Waals surface area contributed by atoms with Crippen LogP contribution < -0.4 is 4.90 Å². The second kappa shape index (κ2) is 5.74. The Kier molecular flexibility index (Phi) is 3.99. The van der Waals surface area contributed by atoms with Gasteiger partial charge in [0.05, 0.1) is 6.61 Å². The average molecular weight is 274 g/mol. The fraction of sp³-hybridized carbons (Fsp3) is 0.647. The van der Waals surface area contributed by atoms with Crippen LogP contribution in [0.1, 0.15) is 36.8 Å². The number of rotatable bonds is 3. The van der Waals surface area contributed by atoms with E-state index < -0.39 is 0 Å². The van der Waals surface area contributed by atoms with E-state index in [1.165, 1.54) is 42.6 Å². The minimum absolute atomic E-state index is 0.270. The fourth-order valence-electron chi connectivity index (χ4n) is 3.84. The van der Waals surface area contributed by atoms with Gasteiger partial charge in [0.15, 0.2) is 0 Å². The third-order valence-electron chi connectivity index (χ3n) is 5.02. The summed E-state index contributed by atoms with van der Waals surface area (Å²) in [5.41, 5.74) is 4.43. The van der Waals surface area contributed by atoms with Gasteiger partial charge >= 0.3 is 0 Å². The van der Waals surface area contributed by atoms with E-state index in [1.54, 1.807) is 0 Å². The van der Waals surface area contributed by atoms with Crippen molar-refractivity contribution in [2.24, 2.45) is 0 Å². The lowest BCUT2D eigenvalue weighted by molar-refractivity contribution is 0.191. The van der Waals surface area contributed by atoms with Gasteiger partial charge in [-0.2, -0.15) is 0 Å². The van der Waals surface area contributed by atoms with E-state index in [2.05, 4.69) is 42.0 Å². The molecule has 0 aliphatic carbocycles. The molecule has 0 amide bonds. The van der Waals surface area contributed by atoms with E-state index in [-0.39, 0.29) is 6.61 Å². The van der Waals surface area contributed by atoms with Gasteiger partial charge in [-0.1, -0.05) is 12.1 Å². The Morgan fingerprint density at radius 3 is 3.00 bits per heavy atom. The molecule has 0 radical (unpaired) electrons.